The molecule has 8 heteroatoms. The molecule has 0 radical (unpaired) electrons. The van der Waals surface area contributed by atoms with Gasteiger partial charge in [0.2, 0.25) is 0 Å². The molecule has 0 aromatic heterocycles. The van der Waals surface area contributed by atoms with Gasteiger partial charge in [-0.05, 0) is 13.3 Å². The number of carboxylic acid groups (broad SMARTS) is 1. The number of aliphatic carboxylic acids is 1. The summed E-state index contributed by atoms with van der Waals surface area (Å²) in [6.07, 6.45) is 2.21. The molecule has 0 aromatic carbocycles. The maximum Gasteiger partial charge on any atom is 0.330 e. The Morgan fingerprint density at radius 1 is 0.750 bits per heavy atom. The minimum absolute atomic E-state index is 0.0234. The van der Waals surface area contributed by atoms with Gasteiger partial charge in [0.25, 0.3) is 0 Å². The monoisotopic (exact) mass is 350 g/mol. The van der Waals surface area contributed by atoms with Crippen LogP contribution in [0.1, 0.15) is 13.3 Å². The minimum Gasteiger partial charge on any atom is -0.478 e. The first-order valence-corrected chi connectivity index (χ1v) is 8.08. The topological polar surface area (TPSA) is 104 Å². The molecule has 0 aliphatic heterocycles. The molecule has 0 fully saturated rings. The van der Waals surface area contributed by atoms with Gasteiger partial charge in [-0.3, -0.25) is 0 Å². The second-order valence-electron chi connectivity index (χ2n) is 4.77. The molecule has 0 heterocycles. The van der Waals surface area contributed by atoms with Gasteiger partial charge in [0.1, 0.15) is 0 Å². The van der Waals surface area contributed by atoms with E-state index >= 15 is 0 Å². The second-order valence-corrected chi connectivity index (χ2v) is 4.77. The van der Waals surface area contributed by atoms with Gasteiger partial charge in [0.05, 0.1) is 72.7 Å². The van der Waals surface area contributed by atoms with Crippen LogP contribution in [0.4, 0.5) is 0 Å². The summed E-state index contributed by atoms with van der Waals surface area (Å²) in [7, 11) is 0. The van der Waals surface area contributed by atoms with Crippen LogP contribution in [0.5, 0.6) is 0 Å². The third kappa shape index (κ3) is 17.3. The number of rotatable bonds is 18. The molecule has 0 saturated carbocycles. The standard InChI is InChI=1S/C16H30O8/c1-15(16(18)19)3-2-5-20-7-9-22-11-13-24-14-12-23-10-8-21-6-4-17/h3,17H,2,4-14H2,1H3,(H,18,19). The first-order valence-electron chi connectivity index (χ1n) is 8.08. The highest BCUT2D eigenvalue weighted by Crippen LogP contribution is 1.95. The molecule has 2 N–H and O–H groups in total. The van der Waals surface area contributed by atoms with Crippen LogP contribution in [0.3, 0.4) is 0 Å². The lowest BCUT2D eigenvalue weighted by atomic mass is 10.2. The Morgan fingerprint density at radius 3 is 1.50 bits per heavy atom. The molecule has 0 unspecified atom stereocenters. The predicted molar refractivity (Wildman–Crippen MR) is 87.2 cm³/mol. The lowest BCUT2D eigenvalue weighted by molar-refractivity contribution is -0.132. The summed E-state index contributed by atoms with van der Waals surface area (Å²) in [5, 5.41) is 17.1. The highest BCUT2D eigenvalue weighted by molar-refractivity contribution is 5.85. The average Bonchev–Trinajstić information content (AvgIpc) is 2.57. The Bertz CT molecular complexity index is 319. The van der Waals surface area contributed by atoms with Crippen LogP contribution in [-0.2, 0) is 28.5 Å². The Balaban J connectivity index is 3.10. The summed E-state index contributed by atoms with van der Waals surface area (Å²) in [6.45, 7) is 6.25. The predicted octanol–water partition coefficient (Wildman–Crippen LogP) is 0.483. The zero-order chi connectivity index (χ0) is 17.9. The largest absolute Gasteiger partial charge is 0.478 e. The number of ether oxygens (including phenoxy) is 5. The van der Waals surface area contributed by atoms with Crippen molar-refractivity contribution in [3.8, 4) is 0 Å². The van der Waals surface area contributed by atoms with E-state index in [0.717, 1.165) is 0 Å². The van der Waals surface area contributed by atoms with Crippen molar-refractivity contribution in [2.45, 2.75) is 13.3 Å². The highest BCUT2D eigenvalue weighted by atomic mass is 16.6. The van der Waals surface area contributed by atoms with Gasteiger partial charge in [-0.1, -0.05) is 6.08 Å². The molecule has 0 atom stereocenters. The Morgan fingerprint density at radius 2 is 1.12 bits per heavy atom. The van der Waals surface area contributed by atoms with Crippen molar-refractivity contribution in [2.75, 3.05) is 72.7 Å². The normalized spacial score (nSPS) is 11.8. The summed E-state index contributed by atoms with van der Waals surface area (Å²) in [4.78, 5) is 10.5. The number of carboxylic acids is 1. The van der Waals surface area contributed by atoms with Crippen LogP contribution < -0.4 is 0 Å². The molecule has 0 aliphatic carbocycles. The maximum absolute atomic E-state index is 10.5. The average molecular weight is 350 g/mol. The van der Waals surface area contributed by atoms with Gasteiger partial charge in [0.15, 0.2) is 0 Å². The van der Waals surface area contributed by atoms with Crippen molar-refractivity contribution in [2.24, 2.45) is 0 Å². The number of hydrogen-bond acceptors (Lipinski definition) is 7. The molecule has 0 spiro atoms. The second kappa shape index (κ2) is 18.3. The lowest BCUT2D eigenvalue weighted by Crippen LogP contribution is -2.13. The zero-order valence-corrected chi connectivity index (χ0v) is 14.4. The molecule has 0 amide bonds. The van der Waals surface area contributed by atoms with E-state index in [1.807, 2.05) is 0 Å². The number of carbonyl (C=O) groups is 1. The number of aliphatic hydroxyl groups is 1. The van der Waals surface area contributed by atoms with Crippen LogP contribution in [0.15, 0.2) is 11.6 Å². The molecule has 0 saturated heterocycles. The minimum atomic E-state index is -0.904. The van der Waals surface area contributed by atoms with Gasteiger partial charge < -0.3 is 33.9 Å². The van der Waals surface area contributed by atoms with Gasteiger partial charge >= 0.3 is 5.97 Å². The van der Waals surface area contributed by atoms with Crippen LogP contribution in [-0.4, -0.2) is 88.9 Å². The third-order valence-electron chi connectivity index (χ3n) is 2.77. The molecule has 24 heavy (non-hydrogen) atoms. The molecule has 142 valence electrons. The summed E-state index contributed by atoms with van der Waals surface area (Å²) >= 11 is 0. The van der Waals surface area contributed by atoms with Crippen LogP contribution in [0.25, 0.3) is 0 Å². The highest BCUT2D eigenvalue weighted by Gasteiger charge is 1.98. The Hall–Kier alpha value is -1.03. The fourth-order valence-electron chi connectivity index (χ4n) is 1.49. The van der Waals surface area contributed by atoms with Crippen molar-refractivity contribution in [3.05, 3.63) is 11.6 Å². The van der Waals surface area contributed by atoms with Gasteiger partial charge in [0, 0.05) is 5.57 Å². The van der Waals surface area contributed by atoms with E-state index in [4.69, 9.17) is 33.9 Å². The van der Waals surface area contributed by atoms with Crippen LogP contribution >= 0.6 is 0 Å². The first kappa shape index (κ1) is 23.0. The van der Waals surface area contributed by atoms with E-state index < -0.39 is 5.97 Å². The van der Waals surface area contributed by atoms with Crippen molar-refractivity contribution < 1.29 is 38.7 Å². The molecule has 0 aromatic rings. The molecule has 8 nitrogen and oxygen atoms in total. The van der Waals surface area contributed by atoms with Gasteiger partial charge in [-0.2, -0.15) is 0 Å². The van der Waals surface area contributed by atoms with E-state index in [1.54, 1.807) is 13.0 Å². The number of hydrogen-bond donors (Lipinski definition) is 2. The van der Waals surface area contributed by atoms with E-state index in [9.17, 15) is 4.79 Å². The fraction of sp³-hybridized carbons (Fsp3) is 0.812. The molecule has 0 bridgehead atoms. The van der Waals surface area contributed by atoms with Gasteiger partial charge in [-0.25, -0.2) is 4.79 Å². The Labute approximate surface area is 143 Å². The quantitative estimate of drug-likeness (QED) is 0.272. The lowest BCUT2D eigenvalue weighted by Gasteiger charge is -2.07. The SMILES string of the molecule is CC(=CCCOCCOCCOCCOCCOCCO)C(=O)O. The van der Waals surface area contributed by atoms with E-state index in [2.05, 4.69) is 0 Å². The van der Waals surface area contributed by atoms with Crippen LogP contribution in [0.2, 0.25) is 0 Å². The smallest absolute Gasteiger partial charge is 0.330 e. The first-order chi connectivity index (χ1) is 11.7. The fourth-order valence-corrected chi connectivity index (χ4v) is 1.49. The van der Waals surface area contributed by atoms with E-state index in [-0.39, 0.29) is 6.61 Å². The molecular formula is C16H30O8. The summed E-state index contributed by atoms with van der Waals surface area (Å²) in [5.41, 5.74) is 0.327. The Kier molecular flexibility index (Phi) is 17.5. The third-order valence-corrected chi connectivity index (χ3v) is 2.77. The summed E-state index contributed by atoms with van der Waals surface area (Å²) in [5.74, 6) is -0.904. The van der Waals surface area contributed by atoms with Crippen molar-refractivity contribution in [3.63, 3.8) is 0 Å². The molecular weight excluding hydrogens is 320 g/mol. The van der Waals surface area contributed by atoms with Crippen molar-refractivity contribution >= 4 is 5.97 Å². The zero-order valence-electron chi connectivity index (χ0n) is 14.4. The van der Waals surface area contributed by atoms with E-state index in [0.29, 0.717) is 78.1 Å². The van der Waals surface area contributed by atoms with E-state index in [1.165, 1.54) is 0 Å². The molecule has 0 aliphatic rings. The summed E-state index contributed by atoms with van der Waals surface area (Å²) < 4.78 is 26.3. The number of aliphatic hydroxyl groups excluding tert-OH is 1. The van der Waals surface area contributed by atoms with Crippen LogP contribution in [0, 0.1) is 0 Å². The summed E-state index contributed by atoms with van der Waals surface area (Å²) in [6, 6.07) is 0. The van der Waals surface area contributed by atoms with Crippen molar-refractivity contribution in [1.82, 2.24) is 0 Å². The maximum atomic E-state index is 10.5. The van der Waals surface area contributed by atoms with Crippen molar-refractivity contribution in [1.29, 1.82) is 0 Å². The van der Waals surface area contributed by atoms with Gasteiger partial charge in [-0.15, -0.1) is 0 Å². The molecule has 0 rings (SSSR count).